The van der Waals surface area contributed by atoms with Crippen LogP contribution >= 0.6 is 0 Å². The quantitative estimate of drug-likeness (QED) is 0.701. The smallest absolute Gasteiger partial charge is 0.185 e. The Kier molecular flexibility index (Phi) is 3.95. The van der Waals surface area contributed by atoms with Crippen molar-refractivity contribution in [2.75, 3.05) is 44.2 Å². The minimum Gasteiger partial charge on any atom is -0.484 e. The van der Waals surface area contributed by atoms with Crippen molar-refractivity contribution in [3.8, 4) is 11.5 Å². The van der Waals surface area contributed by atoms with Gasteiger partial charge < -0.3 is 31.2 Å². The van der Waals surface area contributed by atoms with E-state index < -0.39 is 0 Å². The van der Waals surface area contributed by atoms with Crippen molar-refractivity contribution < 1.29 is 9.47 Å². The highest BCUT2D eigenvalue weighted by Gasteiger charge is 2.27. The van der Waals surface area contributed by atoms with Gasteiger partial charge in [0.25, 0.3) is 0 Å². The molecule has 110 valence electrons. The lowest BCUT2D eigenvalue weighted by atomic mass is 10.1. The maximum atomic E-state index is 5.93. The van der Waals surface area contributed by atoms with Crippen molar-refractivity contribution in [3.05, 3.63) is 17.7 Å². The summed E-state index contributed by atoms with van der Waals surface area (Å²) < 4.78 is 11.8. The summed E-state index contributed by atoms with van der Waals surface area (Å²) in [6.45, 7) is 5.30. The van der Waals surface area contributed by atoms with E-state index in [1.807, 2.05) is 12.1 Å². The molecule has 1 aromatic carbocycles. The lowest BCUT2D eigenvalue weighted by Gasteiger charge is -2.35. The highest BCUT2D eigenvalue weighted by atomic mass is 16.6. The molecule has 5 N–H and O–H groups in total. The monoisotopic (exact) mass is 278 g/mol. The highest BCUT2D eigenvalue weighted by molar-refractivity contribution is 5.70. The van der Waals surface area contributed by atoms with Gasteiger partial charge in [0.1, 0.15) is 12.7 Å². The first kappa shape index (κ1) is 13.5. The van der Waals surface area contributed by atoms with Gasteiger partial charge in [-0.2, -0.15) is 0 Å². The van der Waals surface area contributed by atoms with Gasteiger partial charge in [-0.05, 0) is 11.6 Å². The van der Waals surface area contributed by atoms with Crippen LogP contribution in [0.4, 0.5) is 5.69 Å². The molecule has 0 amide bonds. The minimum atomic E-state index is -0.0675. The Hall–Kier alpha value is -1.50. The summed E-state index contributed by atoms with van der Waals surface area (Å²) in [7, 11) is 0. The zero-order chi connectivity index (χ0) is 13.9. The molecule has 1 aromatic rings. The van der Waals surface area contributed by atoms with Crippen molar-refractivity contribution in [1.82, 2.24) is 5.32 Å². The van der Waals surface area contributed by atoms with Gasteiger partial charge in [0.2, 0.25) is 0 Å². The van der Waals surface area contributed by atoms with Crippen LogP contribution in [0.1, 0.15) is 5.56 Å². The van der Waals surface area contributed by atoms with Crippen molar-refractivity contribution in [2.45, 2.75) is 12.6 Å². The first-order chi connectivity index (χ1) is 9.83. The van der Waals surface area contributed by atoms with Gasteiger partial charge in [0.05, 0.1) is 5.69 Å². The number of rotatable bonds is 3. The Balaban J connectivity index is 1.97. The van der Waals surface area contributed by atoms with Gasteiger partial charge in [-0.25, -0.2) is 0 Å². The molecule has 0 saturated carbocycles. The Morgan fingerprint density at radius 1 is 1.25 bits per heavy atom. The molecule has 0 radical (unpaired) electrons. The second kappa shape index (κ2) is 5.87. The van der Waals surface area contributed by atoms with E-state index in [1.54, 1.807) is 0 Å². The van der Waals surface area contributed by atoms with E-state index in [9.17, 15) is 0 Å². The molecule has 2 aliphatic rings. The van der Waals surface area contributed by atoms with Crippen LogP contribution in [0, 0.1) is 0 Å². The topological polar surface area (TPSA) is 85.8 Å². The predicted octanol–water partition coefficient (Wildman–Crippen LogP) is -0.347. The van der Waals surface area contributed by atoms with Gasteiger partial charge in [-0.15, -0.1) is 0 Å². The molecule has 2 heterocycles. The Labute approximate surface area is 119 Å². The summed E-state index contributed by atoms with van der Waals surface area (Å²) in [5, 5.41) is 3.36. The van der Waals surface area contributed by atoms with E-state index in [4.69, 9.17) is 20.9 Å². The van der Waals surface area contributed by atoms with Crippen LogP contribution in [0.15, 0.2) is 12.1 Å². The highest BCUT2D eigenvalue weighted by Crippen LogP contribution is 2.43. The average molecular weight is 278 g/mol. The van der Waals surface area contributed by atoms with E-state index in [0.29, 0.717) is 19.7 Å². The zero-order valence-corrected chi connectivity index (χ0v) is 11.6. The van der Waals surface area contributed by atoms with E-state index in [0.717, 1.165) is 48.9 Å². The Morgan fingerprint density at radius 3 is 2.75 bits per heavy atom. The molecule has 1 unspecified atom stereocenters. The number of nitrogens with two attached hydrogens (primary N) is 2. The first-order valence-corrected chi connectivity index (χ1v) is 7.14. The summed E-state index contributed by atoms with van der Waals surface area (Å²) in [6, 6.07) is 3.96. The standard InChI is InChI=1S/C14H22N4O2/c15-7-10-1-2-12-14(19-9-11(8-16)20-12)13(10)18-5-3-17-4-6-18/h1-2,11,17H,3-9,15-16H2. The Bertz CT molecular complexity index is 474. The zero-order valence-electron chi connectivity index (χ0n) is 11.6. The molecular weight excluding hydrogens is 256 g/mol. The summed E-state index contributed by atoms with van der Waals surface area (Å²) in [6.07, 6.45) is -0.0675. The van der Waals surface area contributed by atoms with E-state index in [2.05, 4.69) is 10.2 Å². The number of anilines is 1. The number of hydrogen-bond acceptors (Lipinski definition) is 6. The second-order valence-electron chi connectivity index (χ2n) is 5.13. The fourth-order valence-electron chi connectivity index (χ4n) is 2.73. The number of benzene rings is 1. The number of fused-ring (bicyclic) bond motifs is 1. The molecule has 0 bridgehead atoms. The molecular formula is C14H22N4O2. The maximum absolute atomic E-state index is 5.93. The van der Waals surface area contributed by atoms with Crippen LogP contribution in [0.3, 0.4) is 0 Å². The van der Waals surface area contributed by atoms with Gasteiger partial charge in [0, 0.05) is 39.3 Å². The third-order valence-electron chi connectivity index (χ3n) is 3.80. The maximum Gasteiger partial charge on any atom is 0.185 e. The average Bonchev–Trinajstić information content (AvgIpc) is 2.53. The molecule has 2 aliphatic heterocycles. The molecule has 0 aliphatic carbocycles. The summed E-state index contributed by atoms with van der Waals surface area (Å²) in [4.78, 5) is 2.32. The molecule has 20 heavy (non-hydrogen) atoms. The van der Waals surface area contributed by atoms with Gasteiger partial charge in [-0.1, -0.05) is 6.07 Å². The van der Waals surface area contributed by atoms with Crippen molar-refractivity contribution in [3.63, 3.8) is 0 Å². The van der Waals surface area contributed by atoms with Crippen molar-refractivity contribution in [1.29, 1.82) is 0 Å². The fourth-order valence-corrected chi connectivity index (χ4v) is 2.73. The van der Waals surface area contributed by atoms with Crippen LogP contribution in [0.2, 0.25) is 0 Å². The molecule has 0 aromatic heterocycles. The van der Waals surface area contributed by atoms with Crippen LogP contribution in [0.25, 0.3) is 0 Å². The van der Waals surface area contributed by atoms with E-state index in [-0.39, 0.29) is 6.10 Å². The first-order valence-electron chi connectivity index (χ1n) is 7.14. The number of nitrogens with zero attached hydrogens (tertiary/aromatic N) is 1. The van der Waals surface area contributed by atoms with Crippen LogP contribution in [0.5, 0.6) is 11.5 Å². The van der Waals surface area contributed by atoms with Crippen molar-refractivity contribution in [2.24, 2.45) is 11.5 Å². The van der Waals surface area contributed by atoms with Crippen LogP contribution < -0.4 is 31.2 Å². The largest absolute Gasteiger partial charge is 0.484 e. The lowest BCUT2D eigenvalue weighted by molar-refractivity contribution is 0.0971. The van der Waals surface area contributed by atoms with Crippen LogP contribution in [-0.2, 0) is 6.54 Å². The summed E-state index contributed by atoms with van der Waals surface area (Å²) in [5.74, 6) is 1.59. The molecule has 0 spiro atoms. The molecule has 6 heteroatoms. The molecule has 1 atom stereocenters. The summed E-state index contributed by atoms with van der Waals surface area (Å²) in [5.41, 5.74) is 13.7. The van der Waals surface area contributed by atoms with Gasteiger partial charge in [0.15, 0.2) is 11.5 Å². The normalized spacial score (nSPS) is 21.9. The third-order valence-corrected chi connectivity index (χ3v) is 3.80. The van der Waals surface area contributed by atoms with Gasteiger partial charge in [-0.3, -0.25) is 0 Å². The molecule has 3 rings (SSSR count). The second-order valence-corrected chi connectivity index (χ2v) is 5.13. The molecule has 1 fully saturated rings. The van der Waals surface area contributed by atoms with E-state index in [1.165, 1.54) is 0 Å². The number of ether oxygens (including phenoxy) is 2. The predicted molar refractivity (Wildman–Crippen MR) is 78.4 cm³/mol. The fraction of sp³-hybridized carbons (Fsp3) is 0.571. The van der Waals surface area contributed by atoms with Crippen LogP contribution in [-0.4, -0.2) is 45.4 Å². The Morgan fingerprint density at radius 2 is 2.05 bits per heavy atom. The number of piperazine rings is 1. The molecule has 1 saturated heterocycles. The minimum absolute atomic E-state index is 0.0675. The van der Waals surface area contributed by atoms with Crippen molar-refractivity contribution >= 4 is 5.69 Å². The SMILES string of the molecule is NCc1ccc2c(c1N1CCNCC1)OCC(CN)O2. The lowest BCUT2D eigenvalue weighted by Crippen LogP contribution is -2.44. The van der Waals surface area contributed by atoms with Gasteiger partial charge >= 0.3 is 0 Å². The third kappa shape index (κ3) is 2.42. The number of nitrogens with one attached hydrogen (secondary N) is 1. The summed E-state index contributed by atoms with van der Waals surface area (Å²) >= 11 is 0. The van der Waals surface area contributed by atoms with E-state index >= 15 is 0 Å². The molecule has 6 nitrogen and oxygen atoms in total. The number of hydrogen-bond donors (Lipinski definition) is 3.